The highest BCUT2D eigenvalue weighted by Crippen LogP contribution is 2.39. The molecule has 1 N–H and O–H groups in total. The highest BCUT2D eigenvalue weighted by Gasteiger charge is 2.38. The number of halogens is 1. The largest absolute Gasteiger partial charge is 0.495 e. The Bertz CT molecular complexity index is 502. The minimum atomic E-state index is 0.517. The fourth-order valence-corrected chi connectivity index (χ4v) is 3.72. The average Bonchev–Trinajstić information content (AvgIpc) is 3.31. The van der Waals surface area contributed by atoms with Crippen LogP contribution in [0.4, 0.5) is 5.69 Å². The van der Waals surface area contributed by atoms with E-state index in [9.17, 15) is 0 Å². The van der Waals surface area contributed by atoms with E-state index in [-0.39, 0.29) is 0 Å². The van der Waals surface area contributed by atoms with Crippen LogP contribution in [0.15, 0.2) is 22.7 Å². The summed E-state index contributed by atoms with van der Waals surface area (Å²) in [5.41, 5.74) is 1.22. The average molecular weight is 353 g/mol. The zero-order valence-electron chi connectivity index (χ0n) is 13.1. The fourth-order valence-electron chi connectivity index (χ4n) is 3.37. The second-order valence-electron chi connectivity index (χ2n) is 6.63. The molecule has 1 aliphatic carbocycles. The molecule has 3 rings (SSSR count). The number of piperazine rings is 1. The molecule has 1 aromatic rings. The molecular weight excluding hydrogens is 328 g/mol. The van der Waals surface area contributed by atoms with E-state index in [1.165, 1.54) is 18.5 Å². The van der Waals surface area contributed by atoms with Crippen molar-refractivity contribution in [1.29, 1.82) is 0 Å². The first-order chi connectivity index (χ1) is 10.1. The van der Waals surface area contributed by atoms with Crippen LogP contribution in [0.25, 0.3) is 0 Å². The van der Waals surface area contributed by atoms with Gasteiger partial charge in [-0.2, -0.15) is 0 Å². The van der Waals surface area contributed by atoms with Crippen LogP contribution in [0.1, 0.15) is 26.7 Å². The van der Waals surface area contributed by atoms with Gasteiger partial charge < -0.3 is 15.0 Å². The van der Waals surface area contributed by atoms with Crippen LogP contribution in [0.2, 0.25) is 0 Å². The second-order valence-corrected chi connectivity index (χ2v) is 7.55. The van der Waals surface area contributed by atoms with Gasteiger partial charge in [0.2, 0.25) is 0 Å². The SMILES string of the molecule is COc1ccc(Br)cc1N1CC(C2CC2)NCC1C(C)C. The maximum absolute atomic E-state index is 5.61. The van der Waals surface area contributed by atoms with Crippen molar-refractivity contribution in [3.05, 3.63) is 22.7 Å². The van der Waals surface area contributed by atoms with E-state index in [1.54, 1.807) is 7.11 Å². The highest BCUT2D eigenvalue weighted by atomic mass is 79.9. The first-order valence-corrected chi connectivity index (χ1v) is 8.73. The Labute approximate surface area is 136 Å². The number of methoxy groups -OCH3 is 1. The molecule has 0 aromatic heterocycles. The van der Waals surface area contributed by atoms with Crippen LogP contribution < -0.4 is 15.0 Å². The molecule has 1 saturated heterocycles. The van der Waals surface area contributed by atoms with E-state index in [4.69, 9.17) is 4.74 Å². The molecule has 0 amide bonds. The van der Waals surface area contributed by atoms with Gasteiger partial charge in [-0.1, -0.05) is 29.8 Å². The number of nitrogens with zero attached hydrogens (tertiary/aromatic N) is 1. The summed E-state index contributed by atoms with van der Waals surface area (Å²) in [6, 6.07) is 7.45. The Morgan fingerprint density at radius 3 is 2.71 bits per heavy atom. The summed E-state index contributed by atoms with van der Waals surface area (Å²) in [4.78, 5) is 2.56. The van der Waals surface area contributed by atoms with E-state index >= 15 is 0 Å². The van der Waals surface area contributed by atoms with Crippen LogP contribution in [0.3, 0.4) is 0 Å². The van der Waals surface area contributed by atoms with Gasteiger partial charge in [0.1, 0.15) is 5.75 Å². The zero-order valence-corrected chi connectivity index (χ0v) is 14.7. The second kappa shape index (κ2) is 6.17. The van der Waals surface area contributed by atoms with Crippen molar-refractivity contribution in [3.63, 3.8) is 0 Å². The van der Waals surface area contributed by atoms with Crippen LogP contribution in [-0.4, -0.2) is 32.3 Å². The summed E-state index contributed by atoms with van der Waals surface area (Å²) in [7, 11) is 1.76. The number of benzene rings is 1. The Morgan fingerprint density at radius 2 is 2.10 bits per heavy atom. The first kappa shape index (κ1) is 15.2. The molecule has 4 heteroatoms. The number of ether oxygens (including phenoxy) is 1. The number of nitrogens with one attached hydrogen (secondary N) is 1. The lowest BCUT2D eigenvalue weighted by atomic mass is 9.96. The molecule has 2 fully saturated rings. The first-order valence-electron chi connectivity index (χ1n) is 7.93. The number of hydrogen-bond acceptors (Lipinski definition) is 3. The molecule has 0 radical (unpaired) electrons. The molecule has 2 atom stereocenters. The minimum Gasteiger partial charge on any atom is -0.495 e. The van der Waals surface area contributed by atoms with Crippen molar-refractivity contribution < 1.29 is 4.74 Å². The number of hydrogen-bond donors (Lipinski definition) is 1. The highest BCUT2D eigenvalue weighted by molar-refractivity contribution is 9.10. The fraction of sp³-hybridized carbons (Fsp3) is 0.647. The monoisotopic (exact) mass is 352 g/mol. The van der Waals surface area contributed by atoms with Crippen molar-refractivity contribution in [1.82, 2.24) is 5.32 Å². The summed E-state index contributed by atoms with van der Waals surface area (Å²) in [6.07, 6.45) is 2.76. The van der Waals surface area contributed by atoms with Gasteiger partial charge in [0.15, 0.2) is 0 Å². The third-order valence-corrected chi connectivity index (χ3v) is 5.29. The quantitative estimate of drug-likeness (QED) is 0.894. The lowest BCUT2D eigenvalue weighted by Crippen LogP contribution is -2.59. The van der Waals surface area contributed by atoms with Crippen molar-refractivity contribution >= 4 is 21.6 Å². The molecule has 1 saturated carbocycles. The summed E-state index contributed by atoms with van der Waals surface area (Å²) in [6.45, 7) is 6.76. The van der Waals surface area contributed by atoms with Crippen LogP contribution in [0, 0.1) is 11.8 Å². The molecule has 2 unspecified atom stereocenters. The summed E-state index contributed by atoms with van der Waals surface area (Å²) < 4.78 is 6.72. The van der Waals surface area contributed by atoms with Crippen molar-refractivity contribution in [2.24, 2.45) is 11.8 Å². The van der Waals surface area contributed by atoms with Crippen LogP contribution in [-0.2, 0) is 0 Å². The molecule has 0 spiro atoms. The van der Waals surface area contributed by atoms with Gasteiger partial charge in [0.25, 0.3) is 0 Å². The van der Waals surface area contributed by atoms with Crippen molar-refractivity contribution in [2.75, 3.05) is 25.1 Å². The van der Waals surface area contributed by atoms with Crippen LogP contribution >= 0.6 is 15.9 Å². The molecule has 21 heavy (non-hydrogen) atoms. The molecule has 2 aliphatic rings. The molecule has 1 aromatic carbocycles. The summed E-state index contributed by atoms with van der Waals surface area (Å²) >= 11 is 3.61. The lowest BCUT2D eigenvalue weighted by Gasteiger charge is -2.44. The normalized spacial score (nSPS) is 26.2. The van der Waals surface area contributed by atoms with Gasteiger partial charge in [0.05, 0.1) is 12.8 Å². The Balaban J connectivity index is 1.92. The van der Waals surface area contributed by atoms with E-state index in [1.807, 2.05) is 6.07 Å². The van der Waals surface area contributed by atoms with Gasteiger partial charge in [-0.3, -0.25) is 0 Å². The van der Waals surface area contributed by atoms with E-state index in [0.29, 0.717) is 18.0 Å². The molecular formula is C17H25BrN2O. The zero-order chi connectivity index (χ0) is 15.0. The Hall–Kier alpha value is -0.740. The Kier molecular flexibility index (Phi) is 4.46. The van der Waals surface area contributed by atoms with Gasteiger partial charge in [-0.05, 0) is 42.9 Å². The van der Waals surface area contributed by atoms with Crippen molar-refractivity contribution in [2.45, 2.75) is 38.8 Å². The van der Waals surface area contributed by atoms with Crippen molar-refractivity contribution in [3.8, 4) is 5.75 Å². The Morgan fingerprint density at radius 1 is 1.33 bits per heavy atom. The van der Waals surface area contributed by atoms with Crippen LogP contribution in [0.5, 0.6) is 5.75 Å². The summed E-state index contributed by atoms with van der Waals surface area (Å²) in [5.74, 6) is 2.46. The van der Waals surface area contributed by atoms with Gasteiger partial charge in [-0.25, -0.2) is 0 Å². The third-order valence-electron chi connectivity index (χ3n) is 4.79. The lowest BCUT2D eigenvalue weighted by molar-refractivity contribution is 0.316. The molecule has 3 nitrogen and oxygen atoms in total. The maximum atomic E-state index is 5.61. The van der Waals surface area contributed by atoms with E-state index < -0.39 is 0 Å². The van der Waals surface area contributed by atoms with Gasteiger partial charge in [0, 0.05) is 29.6 Å². The van der Waals surface area contributed by atoms with Gasteiger partial charge in [-0.15, -0.1) is 0 Å². The molecule has 1 aliphatic heterocycles. The third kappa shape index (κ3) is 3.21. The minimum absolute atomic E-state index is 0.517. The van der Waals surface area contributed by atoms with Gasteiger partial charge >= 0.3 is 0 Å². The van der Waals surface area contributed by atoms with E-state index in [0.717, 1.165) is 29.2 Å². The van der Waals surface area contributed by atoms with E-state index in [2.05, 4.69) is 52.1 Å². The number of anilines is 1. The predicted molar refractivity (Wildman–Crippen MR) is 91.2 cm³/mol. The predicted octanol–water partition coefficient (Wildman–Crippen LogP) is 3.67. The smallest absolute Gasteiger partial charge is 0.142 e. The molecule has 1 heterocycles. The molecule has 0 bridgehead atoms. The maximum Gasteiger partial charge on any atom is 0.142 e. The summed E-state index contributed by atoms with van der Waals surface area (Å²) in [5, 5.41) is 3.77. The molecule has 116 valence electrons. The topological polar surface area (TPSA) is 24.5 Å². The number of rotatable bonds is 4. The standard InChI is InChI=1S/C17H25BrN2O/c1-11(2)16-9-19-14(12-4-5-12)10-20(16)15-8-13(18)6-7-17(15)21-3/h6-8,11-12,14,16,19H,4-5,9-10H2,1-3H3.